The molecule has 332 valence electrons. The summed E-state index contributed by atoms with van der Waals surface area (Å²) in [7, 11) is 9.19. The zero-order valence-electron chi connectivity index (χ0n) is 36.3. The predicted octanol–water partition coefficient (Wildman–Crippen LogP) is 6.83. The number of epoxide rings is 1. The molecule has 14 nitrogen and oxygen atoms in total. The molecule has 0 aliphatic carbocycles. The molecule has 2 heterocycles. The summed E-state index contributed by atoms with van der Waals surface area (Å²) in [5, 5.41) is 14.1. The number of nitrogens with zero attached hydrogens (tertiary/aromatic N) is 2. The fraction of sp³-hybridized carbons (Fsp3) is 0.643. The van der Waals surface area contributed by atoms with E-state index in [4.69, 9.17) is 35.3 Å². The van der Waals surface area contributed by atoms with Crippen molar-refractivity contribution in [1.29, 1.82) is 0 Å². The van der Waals surface area contributed by atoms with Crippen LogP contribution in [0.3, 0.4) is 0 Å². The van der Waals surface area contributed by atoms with E-state index in [1.165, 1.54) is 50.3 Å². The predicted molar refractivity (Wildman–Crippen MR) is 232 cm³/mol. The molecule has 3 amide bonds. The summed E-state index contributed by atoms with van der Waals surface area (Å²) in [4.78, 5) is 68.0. The summed E-state index contributed by atoms with van der Waals surface area (Å²) in [6.07, 6.45) is 4.72. The Morgan fingerprint density at radius 3 is 2.37 bits per heavy atom. The Hall–Kier alpha value is -3.28. The van der Waals surface area contributed by atoms with Gasteiger partial charge in [-0.05, 0) is 66.5 Å². The van der Waals surface area contributed by atoms with Gasteiger partial charge < -0.3 is 43.4 Å². The lowest BCUT2D eigenvalue weighted by atomic mass is 9.83. The Morgan fingerprint density at radius 1 is 1.15 bits per heavy atom. The van der Waals surface area contributed by atoms with Crippen LogP contribution < -0.4 is 5.32 Å². The molecule has 2 aliphatic heterocycles. The lowest BCUT2D eigenvalue weighted by molar-refractivity contribution is -0.162. The van der Waals surface area contributed by atoms with E-state index in [2.05, 4.69) is 18.5 Å². The van der Waals surface area contributed by atoms with Crippen molar-refractivity contribution in [3.05, 3.63) is 60.0 Å². The summed E-state index contributed by atoms with van der Waals surface area (Å²) in [5.41, 5.74) is -2.86. The van der Waals surface area contributed by atoms with Gasteiger partial charge in [0, 0.05) is 56.9 Å². The minimum Gasteiger partial charge on any atom is -0.495 e. The van der Waals surface area contributed by atoms with Gasteiger partial charge in [0.25, 0.3) is 0 Å². The standard InChI is InChI=1S/C42H64ClN3O11S2/c1-14-17-20-32(54-13)42(52)25-31(55-39(51)44-42)27(5)37-41(9,57-37)33(24-35(49)46(11)29(15-2)36(43)30(16-3)53-12)56-38(50)28(6)45(10)34(48)21-22-40(7,8)59-58-23-18-19-26(4)47/h14-17,20,27-28,31-33,37,52H,1-2,18-19,21-25H2,3-13H3,(H,44,51)/b20-17+,30-16+,36-29-/t27-,28+,31?,32-,33+,37+,41+,42+/m1/s1. The number of Topliss-reactive ketones (excluding diaryl/α,β-unsaturated/α-hetero) is 1. The molecular weight excluding hydrogens is 822 g/mol. The van der Waals surface area contributed by atoms with Crippen molar-refractivity contribution in [3.8, 4) is 0 Å². The molecule has 8 atom stereocenters. The van der Waals surface area contributed by atoms with Gasteiger partial charge in [0.15, 0.2) is 5.72 Å². The van der Waals surface area contributed by atoms with E-state index in [0.29, 0.717) is 18.6 Å². The quantitative estimate of drug-likeness (QED) is 0.0244. The number of rotatable bonds is 25. The molecule has 2 aliphatic rings. The Bertz CT molecular complexity index is 1640. The number of allylic oxidation sites excluding steroid dienone is 5. The van der Waals surface area contributed by atoms with E-state index in [1.807, 2.05) is 13.8 Å². The molecule has 17 heteroatoms. The van der Waals surface area contributed by atoms with E-state index in [1.54, 1.807) is 74.4 Å². The number of methoxy groups -OCH3 is 2. The molecule has 2 N–H and O–H groups in total. The third-order valence-corrected chi connectivity index (χ3v) is 14.4. The number of cyclic esters (lactones) is 1. The van der Waals surface area contributed by atoms with Crippen LogP contribution in [-0.4, -0.2) is 125 Å². The number of aliphatic hydroxyl groups is 1. The Kier molecular flexibility index (Phi) is 20.3. The molecule has 0 aromatic carbocycles. The highest BCUT2D eigenvalue weighted by molar-refractivity contribution is 8.77. The summed E-state index contributed by atoms with van der Waals surface area (Å²) < 4.78 is 28.6. The maximum absolute atomic E-state index is 14.0. The van der Waals surface area contributed by atoms with Crippen LogP contribution in [-0.2, 0) is 42.9 Å². The largest absolute Gasteiger partial charge is 0.495 e. The van der Waals surface area contributed by atoms with E-state index in [-0.39, 0.29) is 46.4 Å². The maximum atomic E-state index is 14.0. The topological polar surface area (TPSA) is 174 Å². The number of hydrogen-bond donors (Lipinski definition) is 2. The van der Waals surface area contributed by atoms with Crippen molar-refractivity contribution >= 4 is 62.8 Å². The van der Waals surface area contributed by atoms with Crippen LogP contribution in [0, 0.1) is 5.92 Å². The average Bonchev–Trinajstić information content (AvgIpc) is 3.87. The monoisotopic (exact) mass is 885 g/mol. The maximum Gasteiger partial charge on any atom is 0.409 e. The molecular formula is C42H64ClN3O11S2. The van der Waals surface area contributed by atoms with Gasteiger partial charge in [-0.3, -0.25) is 14.9 Å². The van der Waals surface area contributed by atoms with Crippen LogP contribution in [0.2, 0.25) is 0 Å². The first-order valence-electron chi connectivity index (χ1n) is 19.5. The minimum atomic E-state index is -1.84. The molecule has 2 fully saturated rings. The molecule has 0 aromatic heterocycles. The zero-order chi connectivity index (χ0) is 44.9. The van der Waals surface area contributed by atoms with Crippen LogP contribution in [0.4, 0.5) is 4.79 Å². The van der Waals surface area contributed by atoms with Crippen LogP contribution in [0.1, 0.15) is 87.0 Å². The second-order valence-corrected chi connectivity index (χ2v) is 19.1. The number of nitrogens with one attached hydrogen (secondary N) is 1. The summed E-state index contributed by atoms with van der Waals surface area (Å²) >= 11 is 6.60. The van der Waals surface area contributed by atoms with Crippen LogP contribution >= 0.6 is 33.2 Å². The molecule has 2 saturated heterocycles. The summed E-state index contributed by atoms with van der Waals surface area (Å²) in [6, 6.07) is -1.03. The third kappa shape index (κ3) is 14.4. The van der Waals surface area contributed by atoms with Gasteiger partial charge in [-0.25, -0.2) is 9.59 Å². The Balaban J connectivity index is 2.35. The molecule has 2 rings (SSSR count). The highest BCUT2D eigenvalue weighted by Crippen LogP contribution is 2.49. The Morgan fingerprint density at radius 2 is 1.81 bits per heavy atom. The first-order valence-corrected chi connectivity index (χ1v) is 22.2. The number of likely N-dealkylation sites (N-methyl/N-ethyl adjacent to an activating group) is 2. The second kappa shape index (κ2) is 23.1. The van der Waals surface area contributed by atoms with Crippen LogP contribution in [0.15, 0.2) is 60.0 Å². The number of amides is 3. The van der Waals surface area contributed by atoms with Crippen molar-refractivity contribution in [1.82, 2.24) is 15.1 Å². The number of hydrogen-bond acceptors (Lipinski definition) is 13. The SMILES string of the molecule is C=C/C=C/[C@@H](OC)[C@@]1(O)CC([C@@H](C)[C@@H]2O[C@@]2(C)[C@H](CC(=O)N(C)/C(C=C)=C(Cl)/C(=C\C)OC)OC(=O)[C@H](C)N(C)C(=O)CCC(C)(C)SSCCCC(C)=O)OC(=O)N1. The number of carbonyl (C=O) groups is 5. The van der Waals surface area contributed by atoms with Gasteiger partial charge in [-0.2, -0.15) is 0 Å². The van der Waals surface area contributed by atoms with Crippen molar-refractivity contribution in [3.63, 3.8) is 0 Å². The summed E-state index contributed by atoms with van der Waals surface area (Å²) in [6.45, 7) is 19.9. The van der Waals surface area contributed by atoms with E-state index in [9.17, 15) is 29.1 Å². The zero-order valence-corrected chi connectivity index (χ0v) is 38.7. The highest BCUT2D eigenvalue weighted by atomic mass is 35.5. The van der Waals surface area contributed by atoms with Gasteiger partial charge in [0.05, 0.1) is 25.3 Å². The van der Waals surface area contributed by atoms with E-state index in [0.717, 1.165) is 12.2 Å². The number of alkyl carbamates (subject to hydrolysis) is 1. The average molecular weight is 887 g/mol. The molecule has 0 spiro atoms. The number of ether oxygens (including phenoxy) is 5. The molecule has 0 aromatic rings. The van der Waals surface area contributed by atoms with Gasteiger partial charge in [0.2, 0.25) is 11.8 Å². The smallest absolute Gasteiger partial charge is 0.409 e. The van der Waals surface area contributed by atoms with Crippen molar-refractivity contribution in [2.75, 3.05) is 34.1 Å². The van der Waals surface area contributed by atoms with Crippen LogP contribution in [0.5, 0.6) is 0 Å². The molecule has 0 saturated carbocycles. The molecule has 1 unspecified atom stereocenters. The van der Waals surface area contributed by atoms with Gasteiger partial charge >= 0.3 is 12.1 Å². The molecule has 0 bridgehead atoms. The number of esters is 1. The summed E-state index contributed by atoms with van der Waals surface area (Å²) in [5.74, 6) is -0.792. The minimum absolute atomic E-state index is 0.0848. The Labute approximate surface area is 362 Å². The lowest BCUT2D eigenvalue weighted by Gasteiger charge is -2.42. The number of ketones is 1. The van der Waals surface area contributed by atoms with Crippen molar-refractivity contribution < 1.29 is 52.8 Å². The second-order valence-electron chi connectivity index (χ2n) is 15.5. The highest BCUT2D eigenvalue weighted by Gasteiger charge is 2.64. The fourth-order valence-electron chi connectivity index (χ4n) is 6.60. The number of halogens is 1. The third-order valence-electron chi connectivity index (χ3n) is 10.6. The van der Waals surface area contributed by atoms with Gasteiger partial charge in [-0.1, -0.05) is 71.5 Å². The normalized spacial score (nSPS) is 24.4. The van der Waals surface area contributed by atoms with Gasteiger partial charge in [0.1, 0.15) is 46.5 Å². The first-order chi connectivity index (χ1) is 27.6. The molecule has 0 radical (unpaired) electrons. The van der Waals surface area contributed by atoms with Crippen molar-refractivity contribution in [2.24, 2.45) is 5.92 Å². The van der Waals surface area contributed by atoms with Crippen molar-refractivity contribution in [2.45, 2.75) is 134 Å². The lowest BCUT2D eigenvalue weighted by Crippen LogP contribution is -2.63. The fourth-order valence-corrected chi connectivity index (χ4v) is 9.65. The first kappa shape index (κ1) is 51.9. The van der Waals surface area contributed by atoms with E-state index < -0.39 is 65.7 Å². The molecule has 59 heavy (non-hydrogen) atoms. The van der Waals surface area contributed by atoms with Gasteiger partial charge in [-0.15, -0.1) is 0 Å². The van der Waals surface area contributed by atoms with Crippen LogP contribution in [0.25, 0.3) is 0 Å². The van der Waals surface area contributed by atoms with E-state index >= 15 is 0 Å². The number of carbonyl (C=O) groups excluding carboxylic acids is 5.